The predicted molar refractivity (Wildman–Crippen MR) is 116 cm³/mol. The minimum atomic E-state index is -3.69. The lowest BCUT2D eigenvalue weighted by molar-refractivity contribution is 0.601. The maximum Gasteiger partial charge on any atom is 0.261 e. The highest BCUT2D eigenvalue weighted by molar-refractivity contribution is 7.92. The number of anilines is 3. The molecule has 0 fully saturated rings. The van der Waals surface area contributed by atoms with E-state index in [0.717, 1.165) is 11.5 Å². The summed E-state index contributed by atoms with van der Waals surface area (Å²) in [6.07, 6.45) is 4.99. The van der Waals surface area contributed by atoms with E-state index in [9.17, 15) is 8.42 Å². The number of hydrogen-bond donors (Lipinski definition) is 2. The molecule has 30 heavy (non-hydrogen) atoms. The molecule has 0 radical (unpaired) electrons. The highest BCUT2D eigenvalue weighted by atomic mass is 35.5. The minimum Gasteiger partial charge on any atom is -0.340 e. The van der Waals surface area contributed by atoms with Crippen LogP contribution in [-0.2, 0) is 10.0 Å². The molecule has 0 saturated heterocycles. The zero-order chi connectivity index (χ0) is 21.1. The van der Waals surface area contributed by atoms with Crippen molar-refractivity contribution >= 4 is 38.8 Å². The van der Waals surface area contributed by atoms with Crippen LogP contribution in [0.25, 0.3) is 5.82 Å². The fraction of sp³-hybridized carbons (Fsp3) is 0.0500. The second-order valence-electron chi connectivity index (χ2n) is 6.37. The first-order valence-electron chi connectivity index (χ1n) is 8.88. The molecule has 0 atom stereocenters. The first-order chi connectivity index (χ1) is 14.4. The van der Waals surface area contributed by atoms with Crippen LogP contribution in [0.15, 0.2) is 78.2 Å². The molecule has 0 spiro atoms. The molecule has 0 amide bonds. The molecule has 2 aromatic carbocycles. The lowest BCUT2D eigenvalue weighted by atomic mass is 10.3. The van der Waals surface area contributed by atoms with Gasteiger partial charge in [-0.2, -0.15) is 0 Å². The third-order valence-electron chi connectivity index (χ3n) is 4.26. The second kappa shape index (κ2) is 8.13. The molecule has 8 nitrogen and oxygen atoms in total. The van der Waals surface area contributed by atoms with Gasteiger partial charge in [0.15, 0.2) is 0 Å². The maximum absolute atomic E-state index is 12.5. The predicted octanol–water partition coefficient (Wildman–Crippen LogP) is 4.17. The van der Waals surface area contributed by atoms with E-state index in [1.165, 1.54) is 30.6 Å². The molecule has 4 aromatic rings. The third-order valence-corrected chi connectivity index (χ3v) is 5.91. The molecule has 4 rings (SSSR count). The Morgan fingerprint density at radius 2 is 1.63 bits per heavy atom. The standard InChI is InChI=1S/C20H17ClN6O2S/c1-14-22-10-11-27(14)20-12-19(23-13-24-20)25-16-4-6-17(7-5-16)26-30(28,29)18-8-2-15(21)3-9-18/h2-13,26H,1H3,(H,23,24,25). The normalized spacial score (nSPS) is 11.3. The van der Waals surface area contributed by atoms with Gasteiger partial charge in [0, 0.05) is 34.9 Å². The first kappa shape index (κ1) is 19.9. The van der Waals surface area contributed by atoms with Crippen LogP contribution >= 0.6 is 11.6 Å². The van der Waals surface area contributed by atoms with Gasteiger partial charge < -0.3 is 5.32 Å². The van der Waals surface area contributed by atoms with E-state index in [0.29, 0.717) is 22.3 Å². The second-order valence-corrected chi connectivity index (χ2v) is 8.49. The molecule has 0 unspecified atom stereocenters. The van der Waals surface area contributed by atoms with Crippen LogP contribution in [0.5, 0.6) is 0 Å². The Bertz CT molecular complexity index is 1270. The highest BCUT2D eigenvalue weighted by Crippen LogP contribution is 2.22. The lowest BCUT2D eigenvalue weighted by Gasteiger charge is -2.11. The lowest BCUT2D eigenvalue weighted by Crippen LogP contribution is -2.12. The molecule has 0 aliphatic rings. The third kappa shape index (κ3) is 4.42. The fourth-order valence-electron chi connectivity index (χ4n) is 2.76. The topological polar surface area (TPSA) is 102 Å². The van der Waals surface area contributed by atoms with E-state index in [-0.39, 0.29) is 4.90 Å². The van der Waals surface area contributed by atoms with Gasteiger partial charge in [0.05, 0.1) is 4.90 Å². The zero-order valence-corrected chi connectivity index (χ0v) is 17.4. The fourth-order valence-corrected chi connectivity index (χ4v) is 3.95. The molecular weight excluding hydrogens is 424 g/mol. The minimum absolute atomic E-state index is 0.136. The average Bonchev–Trinajstić information content (AvgIpc) is 3.16. The van der Waals surface area contributed by atoms with Crippen molar-refractivity contribution in [3.8, 4) is 5.82 Å². The van der Waals surface area contributed by atoms with Crippen LogP contribution in [0.3, 0.4) is 0 Å². The van der Waals surface area contributed by atoms with Gasteiger partial charge in [0.1, 0.15) is 23.8 Å². The number of aryl methyl sites for hydroxylation is 1. The van der Waals surface area contributed by atoms with Gasteiger partial charge in [-0.1, -0.05) is 11.6 Å². The zero-order valence-electron chi connectivity index (χ0n) is 15.8. The molecule has 0 bridgehead atoms. The largest absolute Gasteiger partial charge is 0.340 e. The number of nitrogens with zero attached hydrogens (tertiary/aromatic N) is 4. The van der Waals surface area contributed by atoms with Gasteiger partial charge in [0.25, 0.3) is 10.0 Å². The van der Waals surface area contributed by atoms with Gasteiger partial charge in [-0.15, -0.1) is 0 Å². The molecular formula is C20H17ClN6O2S. The maximum atomic E-state index is 12.5. The molecule has 2 N–H and O–H groups in total. The van der Waals surface area contributed by atoms with Crippen LogP contribution in [0.1, 0.15) is 5.82 Å². The number of aromatic nitrogens is 4. The van der Waals surface area contributed by atoms with E-state index >= 15 is 0 Å². The van der Waals surface area contributed by atoms with Crippen molar-refractivity contribution in [2.75, 3.05) is 10.0 Å². The highest BCUT2D eigenvalue weighted by Gasteiger charge is 2.14. The Morgan fingerprint density at radius 1 is 0.933 bits per heavy atom. The Morgan fingerprint density at radius 3 is 2.30 bits per heavy atom. The number of halogens is 1. The summed E-state index contributed by atoms with van der Waals surface area (Å²) in [6, 6.07) is 14.6. The van der Waals surface area contributed by atoms with Crippen molar-refractivity contribution in [1.82, 2.24) is 19.5 Å². The smallest absolute Gasteiger partial charge is 0.261 e. The quantitative estimate of drug-likeness (QED) is 0.466. The number of benzene rings is 2. The number of sulfonamides is 1. The van der Waals surface area contributed by atoms with Crippen LogP contribution < -0.4 is 10.0 Å². The van der Waals surface area contributed by atoms with Gasteiger partial charge in [-0.05, 0) is 55.5 Å². The summed E-state index contributed by atoms with van der Waals surface area (Å²) in [5.74, 6) is 2.11. The Labute approximate surface area is 178 Å². The average molecular weight is 441 g/mol. The summed E-state index contributed by atoms with van der Waals surface area (Å²) in [7, 11) is -3.69. The van der Waals surface area contributed by atoms with Crippen molar-refractivity contribution in [2.45, 2.75) is 11.8 Å². The van der Waals surface area contributed by atoms with Crippen molar-refractivity contribution in [1.29, 1.82) is 0 Å². The van der Waals surface area contributed by atoms with Crippen molar-refractivity contribution in [3.63, 3.8) is 0 Å². The van der Waals surface area contributed by atoms with Crippen LogP contribution in [-0.4, -0.2) is 27.9 Å². The van der Waals surface area contributed by atoms with Gasteiger partial charge in [-0.3, -0.25) is 9.29 Å². The van der Waals surface area contributed by atoms with E-state index in [1.807, 2.05) is 17.7 Å². The van der Waals surface area contributed by atoms with Crippen LogP contribution in [0, 0.1) is 6.92 Å². The molecule has 0 aliphatic carbocycles. The summed E-state index contributed by atoms with van der Waals surface area (Å²) in [4.78, 5) is 12.8. The van der Waals surface area contributed by atoms with Crippen LogP contribution in [0.4, 0.5) is 17.2 Å². The molecule has 0 saturated carbocycles. The van der Waals surface area contributed by atoms with E-state index in [1.54, 1.807) is 36.5 Å². The van der Waals surface area contributed by atoms with E-state index in [4.69, 9.17) is 11.6 Å². The number of imidazole rings is 1. The summed E-state index contributed by atoms with van der Waals surface area (Å²) in [5, 5.41) is 3.65. The summed E-state index contributed by atoms with van der Waals surface area (Å²) >= 11 is 5.82. The van der Waals surface area contributed by atoms with Crippen LogP contribution in [0.2, 0.25) is 5.02 Å². The SMILES string of the molecule is Cc1nccn1-c1cc(Nc2ccc(NS(=O)(=O)c3ccc(Cl)cc3)cc2)ncn1. The number of hydrogen-bond acceptors (Lipinski definition) is 6. The van der Waals surface area contributed by atoms with E-state index in [2.05, 4.69) is 25.0 Å². The van der Waals surface area contributed by atoms with E-state index < -0.39 is 10.0 Å². The number of nitrogens with one attached hydrogen (secondary N) is 2. The monoisotopic (exact) mass is 440 g/mol. The molecule has 152 valence electrons. The Kier molecular flexibility index (Phi) is 5.39. The molecule has 0 aliphatic heterocycles. The van der Waals surface area contributed by atoms with Gasteiger partial charge in [-0.25, -0.2) is 23.4 Å². The Hall–Kier alpha value is -3.43. The molecule has 2 aromatic heterocycles. The van der Waals surface area contributed by atoms with Crippen molar-refractivity contribution in [2.24, 2.45) is 0 Å². The summed E-state index contributed by atoms with van der Waals surface area (Å²) < 4.78 is 29.3. The molecule has 10 heteroatoms. The van der Waals surface area contributed by atoms with Crippen molar-refractivity contribution < 1.29 is 8.42 Å². The molecule has 2 heterocycles. The summed E-state index contributed by atoms with van der Waals surface area (Å²) in [6.45, 7) is 1.89. The Balaban J connectivity index is 1.48. The number of rotatable bonds is 6. The summed E-state index contributed by atoms with van der Waals surface area (Å²) in [5.41, 5.74) is 1.18. The van der Waals surface area contributed by atoms with Crippen molar-refractivity contribution in [3.05, 3.63) is 84.2 Å². The van der Waals surface area contributed by atoms with Gasteiger partial charge in [0.2, 0.25) is 0 Å². The first-order valence-corrected chi connectivity index (χ1v) is 10.7. The van der Waals surface area contributed by atoms with Gasteiger partial charge >= 0.3 is 0 Å².